The molecule has 5 heteroatoms. The number of nitrogens with one attached hydrogen (secondary N) is 1. The van der Waals surface area contributed by atoms with Gasteiger partial charge >= 0.3 is 0 Å². The first-order valence-corrected chi connectivity index (χ1v) is 6.96. The van der Waals surface area contributed by atoms with Crippen LogP contribution in [0, 0.1) is 6.92 Å². The van der Waals surface area contributed by atoms with Crippen molar-refractivity contribution in [3.63, 3.8) is 0 Å². The van der Waals surface area contributed by atoms with Gasteiger partial charge in [-0.2, -0.15) is 11.8 Å². The highest BCUT2D eigenvalue weighted by Crippen LogP contribution is 2.04. The van der Waals surface area contributed by atoms with Crippen molar-refractivity contribution < 1.29 is 4.79 Å². The maximum absolute atomic E-state index is 11.7. The summed E-state index contributed by atoms with van der Waals surface area (Å²) >= 11 is 1.70. The lowest BCUT2D eigenvalue weighted by Crippen LogP contribution is -2.40. The first-order chi connectivity index (χ1) is 8.15. The molecule has 0 bridgehead atoms. The number of hydrogen-bond acceptors (Lipinski definition) is 4. The first-order valence-electron chi connectivity index (χ1n) is 5.57. The fourth-order valence-corrected chi connectivity index (χ4v) is 1.88. The molecule has 17 heavy (non-hydrogen) atoms. The van der Waals surface area contributed by atoms with Gasteiger partial charge in [0.05, 0.1) is 6.04 Å². The second-order valence-corrected chi connectivity index (χ2v) is 4.89. The van der Waals surface area contributed by atoms with E-state index >= 15 is 0 Å². The van der Waals surface area contributed by atoms with Crippen LogP contribution in [0.1, 0.15) is 17.5 Å². The van der Waals surface area contributed by atoms with Gasteiger partial charge in [0, 0.05) is 18.9 Å². The van der Waals surface area contributed by atoms with Crippen LogP contribution in [0.5, 0.6) is 0 Å². The highest BCUT2D eigenvalue weighted by atomic mass is 32.2. The van der Waals surface area contributed by atoms with Crippen LogP contribution in [0.3, 0.4) is 0 Å². The summed E-state index contributed by atoms with van der Waals surface area (Å²) in [5.74, 6) is 0.818. The van der Waals surface area contributed by atoms with Crippen LogP contribution in [-0.4, -0.2) is 28.9 Å². The molecule has 0 aromatic carbocycles. The van der Waals surface area contributed by atoms with Gasteiger partial charge in [0.2, 0.25) is 5.91 Å². The Morgan fingerprint density at radius 2 is 2.41 bits per heavy atom. The maximum atomic E-state index is 11.7. The number of nitrogens with two attached hydrogens (primary N) is 1. The molecule has 1 amide bonds. The number of aromatic nitrogens is 1. The fourth-order valence-electron chi connectivity index (χ4n) is 1.39. The van der Waals surface area contributed by atoms with Crippen LogP contribution in [0.15, 0.2) is 18.5 Å². The molecular formula is C12H19N3OS. The molecule has 94 valence electrons. The average molecular weight is 253 g/mol. The highest BCUT2D eigenvalue weighted by molar-refractivity contribution is 7.98. The number of amides is 1. The third-order valence-electron chi connectivity index (χ3n) is 2.56. The molecule has 0 fully saturated rings. The molecule has 1 aromatic rings. The topological polar surface area (TPSA) is 68.0 Å². The number of thioether (sulfide) groups is 1. The third kappa shape index (κ3) is 4.75. The number of hydrogen-bond donors (Lipinski definition) is 2. The van der Waals surface area contributed by atoms with Crippen LogP contribution >= 0.6 is 11.8 Å². The van der Waals surface area contributed by atoms with Crippen LogP contribution in [0.4, 0.5) is 0 Å². The molecule has 1 aromatic heterocycles. The van der Waals surface area contributed by atoms with Gasteiger partial charge in [-0.15, -0.1) is 0 Å². The Balaban J connectivity index is 2.40. The number of aryl methyl sites for hydroxylation is 1. The smallest absolute Gasteiger partial charge is 0.237 e. The molecule has 0 aliphatic carbocycles. The SMILES string of the molecule is CSCC[C@H](N)C(=O)NCc1ccncc1C. The lowest BCUT2D eigenvalue weighted by atomic mass is 10.1. The van der Waals surface area contributed by atoms with Crippen molar-refractivity contribution in [1.82, 2.24) is 10.3 Å². The minimum absolute atomic E-state index is 0.0877. The maximum Gasteiger partial charge on any atom is 0.237 e. The summed E-state index contributed by atoms with van der Waals surface area (Å²) in [7, 11) is 0. The molecule has 4 nitrogen and oxygen atoms in total. The molecule has 1 heterocycles. The van der Waals surface area contributed by atoms with Crippen LogP contribution < -0.4 is 11.1 Å². The van der Waals surface area contributed by atoms with Gasteiger partial charge in [0.1, 0.15) is 0 Å². The zero-order chi connectivity index (χ0) is 12.7. The zero-order valence-electron chi connectivity index (χ0n) is 10.3. The quantitative estimate of drug-likeness (QED) is 0.796. The van der Waals surface area contributed by atoms with Crippen molar-refractivity contribution in [2.45, 2.75) is 25.9 Å². The summed E-state index contributed by atoms with van der Waals surface area (Å²) < 4.78 is 0. The van der Waals surface area contributed by atoms with E-state index in [2.05, 4.69) is 10.3 Å². The normalized spacial score (nSPS) is 12.2. The Bertz CT molecular complexity index is 371. The molecule has 0 saturated carbocycles. The van der Waals surface area contributed by atoms with Gasteiger partial charge in [-0.3, -0.25) is 9.78 Å². The molecule has 0 aliphatic heterocycles. The van der Waals surface area contributed by atoms with E-state index in [1.807, 2.05) is 19.2 Å². The molecule has 0 spiro atoms. The lowest BCUT2D eigenvalue weighted by molar-refractivity contribution is -0.122. The van der Waals surface area contributed by atoms with E-state index in [1.165, 1.54) is 0 Å². The predicted molar refractivity (Wildman–Crippen MR) is 71.8 cm³/mol. The van der Waals surface area contributed by atoms with E-state index in [4.69, 9.17) is 5.73 Å². The molecule has 0 radical (unpaired) electrons. The Hall–Kier alpha value is -1.07. The molecule has 0 unspecified atom stereocenters. The minimum atomic E-state index is -0.412. The first kappa shape index (κ1) is 14.0. The minimum Gasteiger partial charge on any atom is -0.351 e. The highest BCUT2D eigenvalue weighted by Gasteiger charge is 2.12. The average Bonchev–Trinajstić information content (AvgIpc) is 2.34. The molecule has 3 N–H and O–H groups in total. The largest absolute Gasteiger partial charge is 0.351 e. The summed E-state index contributed by atoms with van der Waals surface area (Å²) in [5.41, 5.74) is 7.92. The van der Waals surface area contributed by atoms with Gasteiger partial charge in [-0.25, -0.2) is 0 Å². The standard InChI is InChI=1S/C12H19N3OS/c1-9-7-14-5-3-10(9)8-15-12(16)11(13)4-6-17-2/h3,5,7,11H,4,6,8,13H2,1-2H3,(H,15,16)/t11-/m0/s1. The van der Waals surface area contributed by atoms with Gasteiger partial charge in [0.15, 0.2) is 0 Å². The van der Waals surface area contributed by atoms with Crippen molar-refractivity contribution in [2.24, 2.45) is 5.73 Å². The molecule has 1 atom stereocenters. The summed E-state index contributed by atoms with van der Waals surface area (Å²) in [4.78, 5) is 15.7. The Labute approximate surface area is 106 Å². The van der Waals surface area contributed by atoms with Crippen LogP contribution in [0.25, 0.3) is 0 Å². The summed E-state index contributed by atoms with van der Waals surface area (Å²) in [6.45, 7) is 2.49. The molecule has 0 saturated heterocycles. The van der Waals surface area contributed by atoms with E-state index in [9.17, 15) is 4.79 Å². The van der Waals surface area contributed by atoms with E-state index in [0.717, 1.165) is 16.9 Å². The summed E-state index contributed by atoms with van der Waals surface area (Å²) in [6, 6.07) is 1.49. The molecular weight excluding hydrogens is 234 g/mol. The predicted octanol–water partition coefficient (Wildman–Crippen LogP) is 1.09. The van der Waals surface area contributed by atoms with Crippen LogP contribution in [0.2, 0.25) is 0 Å². The number of carbonyl (C=O) groups excluding carboxylic acids is 1. The third-order valence-corrected chi connectivity index (χ3v) is 3.20. The van der Waals surface area contributed by atoms with Gasteiger partial charge < -0.3 is 11.1 Å². The van der Waals surface area contributed by atoms with E-state index in [1.54, 1.807) is 24.2 Å². The zero-order valence-corrected chi connectivity index (χ0v) is 11.1. The van der Waals surface area contributed by atoms with Gasteiger partial charge in [-0.1, -0.05) is 0 Å². The monoisotopic (exact) mass is 253 g/mol. The number of pyridine rings is 1. The Morgan fingerprint density at radius 3 is 3.06 bits per heavy atom. The van der Waals surface area contributed by atoms with E-state index < -0.39 is 6.04 Å². The van der Waals surface area contributed by atoms with Crippen molar-refractivity contribution in [1.29, 1.82) is 0 Å². The van der Waals surface area contributed by atoms with Gasteiger partial charge in [0.25, 0.3) is 0 Å². The lowest BCUT2D eigenvalue weighted by Gasteiger charge is -2.12. The van der Waals surface area contributed by atoms with Gasteiger partial charge in [-0.05, 0) is 42.5 Å². The Morgan fingerprint density at radius 1 is 1.65 bits per heavy atom. The van der Waals surface area contributed by atoms with Crippen molar-refractivity contribution >= 4 is 17.7 Å². The van der Waals surface area contributed by atoms with Crippen LogP contribution in [-0.2, 0) is 11.3 Å². The molecule has 1 rings (SSSR count). The number of rotatable bonds is 6. The second-order valence-electron chi connectivity index (χ2n) is 3.91. The number of carbonyl (C=O) groups is 1. The van der Waals surface area contributed by atoms with Crippen molar-refractivity contribution in [2.75, 3.05) is 12.0 Å². The molecule has 0 aliphatic rings. The summed E-state index contributed by atoms with van der Waals surface area (Å²) in [6.07, 6.45) is 6.23. The Kier molecular flexibility index (Phi) is 6.00. The van der Waals surface area contributed by atoms with Crippen molar-refractivity contribution in [3.05, 3.63) is 29.6 Å². The summed E-state index contributed by atoms with van der Waals surface area (Å²) in [5, 5.41) is 2.85. The van der Waals surface area contributed by atoms with E-state index in [0.29, 0.717) is 13.0 Å². The fraction of sp³-hybridized carbons (Fsp3) is 0.500. The second kappa shape index (κ2) is 7.29. The van der Waals surface area contributed by atoms with E-state index in [-0.39, 0.29) is 5.91 Å². The number of nitrogens with zero attached hydrogens (tertiary/aromatic N) is 1. The van der Waals surface area contributed by atoms with Crippen molar-refractivity contribution in [3.8, 4) is 0 Å².